The van der Waals surface area contributed by atoms with E-state index in [4.69, 9.17) is 0 Å². The molecule has 0 saturated carbocycles. The zero-order valence-corrected chi connectivity index (χ0v) is 9.49. The van der Waals surface area contributed by atoms with E-state index in [0.717, 1.165) is 32.7 Å². The van der Waals surface area contributed by atoms with Gasteiger partial charge in [-0.1, -0.05) is 0 Å². The van der Waals surface area contributed by atoms with Gasteiger partial charge < -0.3 is 9.80 Å². The van der Waals surface area contributed by atoms with E-state index in [0.29, 0.717) is 6.54 Å². The molecule has 0 radical (unpaired) electrons. The van der Waals surface area contributed by atoms with E-state index in [9.17, 15) is 4.79 Å². The molecular weight excluding hydrogens is 178 g/mol. The Bertz CT molecular complexity index is 188. The van der Waals surface area contributed by atoms with Crippen molar-refractivity contribution in [2.45, 2.75) is 6.92 Å². The summed E-state index contributed by atoms with van der Waals surface area (Å²) in [6, 6.07) is 0. The van der Waals surface area contributed by atoms with Gasteiger partial charge in [-0.25, -0.2) is 0 Å². The highest BCUT2D eigenvalue weighted by Crippen LogP contribution is 1.99. The van der Waals surface area contributed by atoms with Crippen LogP contribution < -0.4 is 0 Å². The van der Waals surface area contributed by atoms with Gasteiger partial charge in [0, 0.05) is 39.8 Å². The molecule has 0 aromatic rings. The third kappa shape index (κ3) is 3.27. The largest absolute Gasteiger partial charge is 0.345 e. The zero-order valence-electron chi connectivity index (χ0n) is 9.49. The molecule has 1 aliphatic heterocycles. The van der Waals surface area contributed by atoms with Gasteiger partial charge >= 0.3 is 0 Å². The van der Waals surface area contributed by atoms with Crippen LogP contribution >= 0.6 is 0 Å². The molecule has 0 unspecified atom stereocenters. The highest BCUT2D eigenvalue weighted by molar-refractivity contribution is 5.77. The minimum absolute atomic E-state index is 0.233. The van der Waals surface area contributed by atoms with E-state index in [1.807, 2.05) is 14.0 Å². The molecule has 1 rings (SSSR count). The van der Waals surface area contributed by atoms with E-state index in [2.05, 4.69) is 16.8 Å². The maximum absolute atomic E-state index is 11.6. The molecule has 0 spiro atoms. The van der Waals surface area contributed by atoms with E-state index in [1.165, 1.54) is 0 Å². The zero-order chi connectivity index (χ0) is 10.6. The summed E-state index contributed by atoms with van der Waals surface area (Å²) in [7, 11) is 3.98. The molecule has 82 valence electrons. The molecule has 0 aromatic carbocycles. The van der Waals surface area contributed by atoms with Crippen LogP contribution in [0.4, 0.5) is 0 Å². The Kier molecular flexibility index (Phi) is 4.35. The van der Waals surface area contributed by atoms with Crippen molar-refractivity contribution in [1.29, 1.82) is 0 Å². The van der Waals surface area contributed by atoms with Crippen LogP contribution in [-0.4, -0.2) is 74.0 Å². The Labute approximate surface area is 86.5 Å². The van der Waals surface area contributed by atoms with Gasteiger partial charge in [0.05, 0.1) is 6.54 Å². The van der Waals surface area contributed by atoms with Gasteiger partial charge in [0.1, 0.15) is 0 Å². The molecule has 1 aliphatic rings. The third-order valence-electron chi connectivity index (χ3n) is 2.85. The minimum atomic E-state index is 0.233. The summed E-state index contributed by atoms with van der Waals surface area (Å²) in [5, 5.41) is 0. The third-order valence-corrected chi connectivity index (χ3v) is 2.85. The smallest absolute Gasteiger partial charge is 0.236 e. The lowest BCUT2D eigenvalue weighted by atomic mass is 10.3. The van der Waals surface area contributed by atoms with Crippen molar-refractivity contribution in [3.63, 3.8) is 0 Å². The molecule has 0 N–H and O–H groups in total. The SMILES string of the molecule is CCN(C)C(=O)CN1CCN(C)CC1. The first-order valence-corrected chi connectivity index (χ1v) is 5.28. The lowest BCUT2D eigenvalue weighted by Gasteiger charge is -2.32. The molecule has 4 heteroatoms. The van der Waals surface area contributed by atoms with Crippen LogP contribution in [0.2, 0.25) is 0 Å². The minimum Gasteiger partial charge on any atom is -0.345 e. The van der Waals surface area contributed by atoms with Gasteiger partial charge in [0.15, 0.2) is 0 Å². The molecule has 0 atom stereocenters. The number of carbonyl (C=O) groups is 1. The quantitative estimate of drug-likeness (QED) is 0.625. The predicted octanol–water partition coefficient (Wildman–Crippen LogP) is -0.288. The normalized spacial score (nSPS) is 19.6. The van der Waals surface area contributed by atoms with Gasteiger partial charge in [0.2, 0.25) is 5.91 Å². The van der Waals surface area contributed by atoms with Gasteiger partial charge in [-0.15, -0.1) is 0 Å². The molecule has 0 bridgehead atoms. The average molecular weight is 199 g/mol. The number of amides is 1. The van der Waals surface area contributed by atoms with Crippen LogP contribution in [-0.2, 0) is 4.79 Å². The summed E-state index contributed by atoms with van der Waals surface area (Å²) >= 11 is 0. The maximum atomic E-state index is 11.6. The van der Waals surface area contributed by atoms with Crippen molar-refractivity contribution in [2.75, 3.05) is 53.4 Å². The van der Waals surface area contributed by atoms with Crippen LogP contribution in [0.15, 0.2) is 0 Å². The van der Waals surface area contributed by atoms with Crippen molar-refractivity contribution in [2.24, 2.45) is 0 Å². The first-order chi connectivity index (χ1) is 6.63. The Morgan fingerprint density at radius 1 is 1.29 bits per heavy atom. The molecule has 14 heavy (non-hydrogen) atoms. The fourth-order valence-corrected chi connectivity index (χ4v) is 1.49. The van der Waals surface area contributed by atoms with Gasteiger partial charge in [-0.2, -0.15) is 0 Å². The van der Waals surface area contributed by atoms with E-state index >= 15 is 0 Å². The first kappa shape index (κ1) is 11.5. The van der Waals surface area contributed by atoms with Crippen molar-refractivity contribution >= 4 is 5.91 Å². The Hall–Kier alpha value is -0.610. The number of hydrogen-bond donors (Lipinski definition) is 0. The lowest BCUT2D eigenvalue weighted by Crippen LogP contribution is -2.48. The van der Waals surface area contributed by atoms with Crippen LogP contribution in [0, 0.1) is 0 Å². The van der Waals surface area contributed by atoms with Crippen molar-refractivity contribution in [3.05, 3.63) is 0 Å². The van der Waals surface area contributed by atoms with Crippen molar-refractivity contribution in [3.8, 4) is 0 Å². The van der Waals surface area contributed by atoms with Gasteiger partial charge in [-0.05, 0) is 14.0 Å². The van der Waals surface area contributed by atoms with Crippen LogP contribution in [0.25, 0.3) is 0 Å². The average Bonchev–Trinajstić information content (AvgIpc) is 2.20. The van der Waals surface area contributed by atoms with E-state index < -0.39 is 0 Å². The van der Waals surface area contributed by atoms with Crippen LogP contribution in [0.5, 0.6) is 0 Å². The number of rotatable bonds is 3. The topological polar surface area (TPSA) is 26.8 Å². The van der Waals surface area contributed by atoms with Gasteiger partial charge in [0.25, 0.3) is 0 Å². The molecule has 4 nitrogen and oxygen atoms in total. The van der Waals surface area contributed by atoms with E-state index in [-0.39, 0.29) is 5.91 Å². The number of likely N-dealkylation sites (N-methyl/N-ethyl adjacent to an activating group) is 2. The summed E-state index contributed by atoms with van der Waals surface area (Å²) in [5.74, 6) is 0.233. The fraction of sp³-hybridized carbons (Fsp3) is 0.900. The summed E-state index contributed by atoms with van der Waals surface area (Å²) in [5.41, 5.74) is 0. The monoisotopic (exact) mass is 199 g/mol. The molecule has 1 amide bonds. The predicted molar refractivity (Wildman–Crippen MR) is 57.2 cm³/mol. The second-order valence-electron chi connectivity index (χ2n) is 3.99. The number of carbonyl (C=O) groups excluding carboxylic acids is 1. The second-order valence-corrected chi connectivity index (χ2v) is 3.99. The lowest BCUT2D eigenvalue weighted by molar-refractivity contribution is -0.131. The number of hydrogen-bond acceptors (Lipinski definition) is 3. The molecule has 1 saturated heterocycles. The Morgan fingerprint density at radius 3 is 2.36 bits per heavy atom. The highest BCUT2D eigenvalue weighted by Gasteiger charge is 2.17. The van der Waals surface area contributed by atoms with Crippen LogP contribution in [0.3, 0.4) is 0 Å². The van der Waals surface area contributed by atoms with Crippen molar-refractivity contribution in [1.82, 2.24) is 14.7 Å². The molecule has 0 aromatic heterocycles. The standard InChI is InChI=1S/C10H21N3O/c1-4-12(3)10(14)9-13-7-5-11(2)6-8-13/h4-9H2,1-3H3. The first-order valence-electron chi connectivity index (χ1n) is 5.28. The fourth-order valence-electron chi connectivity index (χ4n) is 1.49. The van der Waals surface area contributed by atoms with Crippen LogP contribution in [0.1, 0.15) is 6.92 Å². The van der Waals surface area contributed by atoms with E-state index in [1.54, 1.807) is 4.90 Å². The molecule has 1 heterocycles. The second kappa shape index (κ2) is 5.32. The summed E-state index contributed by atoms with van der Waals surface area (Å²) in [6.45, 7) is 7.55. The maximum Gasteiger partial charge on any atom is 0.236 e. The number of nitrogens with zero attached hydrogens (tertiary/aromatic N) is 3. The summed E-state index contributed by atoms with van der Waals surface area (Å²) in [4.78, 5) is 17.9. The number of piperazine rings is 1. The highest BCUT2D eigenvalue weighted by atomic mass is 16.2. The van der Waals surface area contributed by atoms with Crippen molar-refractivity contribution < 1.29 is 4.79 Å². The molecular formula is C10H21N3O. The Morgan fingerprint density at radius 2 is 1.86 bits per heavy atom. The molecule has 1 fully saturated rings. The van der Waals surface area contributed by atoms with Gasteiger partial charge in [-0.3, -0.25) is 9.69 Å². The summed E-state index contributed by atoms with van der Waals surface area (Å²) < 4.78 is 0. The Balaban J connectivity index is 2.27. The molecule has 0 aliphatic carbocycles. The summed E-state index contributed by atoms with van der Waals surface area (Å²) in [6.07, 6.45) is 0.